The van der Waals surface area contributed by atoms with E-state index in [1.54, 1.807) is 0 Å². The van der Waals surface area contributed by atoms with E-state index in [1.807, 2.05) is 0 Å². The molecule has 0 spiro atoms. The summed E-state index contributed by atoms with van der Waals surface area (Å²) in [7, 11) is -0.986. The summed E-state index contributed by atoms with van der Waals surface area (Å²) in [6.45, 7) is 21.8. The second-order valence-electron chi connectivity index (χ2n) is 17.9. The molecule has 0 N–H and O–H groups in total. The maximum absolute atomic E-state index is 3.44. The van der Waals surface area contributed by atoms with E-state index in [9.17, 15) is 0 Å². The van der Waals surface area contributed by atoms with Crippen molar-refractivity contribution in [2.24, 2.45) is 10.8 Å². The van der Waals surface area contributed by atoms with Gasteiger partial charge in [-0.25, -0.2) is 11.1 Å². The third-order valence-corrected chi connectivity index (χ3v) is 17.7. The molecule has 0 fully saturated rings. The van der Waals surface area contributed by atoms with E-state index >= 15 is 0 Å². The molecule has 0 radical (unpaired) electrons. The summed E-state index contributed by atoms with van der Waals surface area (Å²) in [6, 6.07) is 70.0. The van der Waals surface area contributed by atoms with Gasteiger partial charge in [0.15, 0.2) is 0 Å². The molecule has 0 aliphatic heterocycles. The zero-order valence-corrected chi connectivity index (χ0v) is 47.5. The fourth-order valence-corrected chi connectivity index (χ4v) is 13.3. The van der Waals surface area contributed by atoms with Crippen molar-refractivity contribution in [3.63, 3.8) is 0 Å². The van der Waals surface area contributed by atoms with Crippen LogP contribution in [0.5, 0.6) is 0 Å². The van der Waals surface area contributed by atoms with Crippen molar-refractivity contribution in [2.75, 3.05) is 0 Å². The van der Waals surface area contributed by atoms with E-state index < -0.39 is 15.8 Å². The standard InChI is InChI=1S/2C21H16P.2C10H15.2ClH.2Ti/c2*1-3-11-19(12-4-1)22(20-13-5-2-6-14-20)21-15-17-9-7-8-10-18(17)16-21;2*1-7-6-10(4,5)9(3)8(7)2;;;;/h2*1-16H;2*1-5H3;2*1H;;/q4*-1;;;2*+2/p-2. The Hall–Kier alpha value is -3.63. The Morgan fingerprint density at radius 1 is 0.368 bits per heavy atom. The maximum Gasteiger partial charge on any atom is 2.00 e. The molecule has 0 atom stereocenters. The van der Waals surface area contributed by atoms with Gasteiger partial charge in [-0.2, -0.15) is 34.4 Å². The minimum Gasteiger partial charge on any atom is -1.00 e. The van der Waals surface area contributed by atoms with E-state index in [1.165, 1.54) is 86.8 Å². The molecule has 0 nitrogen and oxygen atoms in total. The fourth-order valence-electron chi connectivity index (χ4n) is 8.54. The molecule has 0 unspecified atom stereocenters. The van der Waals surface area contributed by atoms with Gasteiger partial charge in [-0.1, -0.05) is 200 Å². The van der Waals surface area contributed by atoms with Gasteiger partial charge in [-0.3, -0.25) is 12.2 Å². The number of halogens is 2. The van der Waals surface area contributed by atoms with Gasteiger partial charge in [0.25, 0.3) is 0 Å². The third kappa shape index (κ3) is 14.3. The molecule has 2 aliphatic rings. The monoisotopic (exact) mass is 1030 g/mol. The summed E-state index contributed by atoms with van der Waals surface area (Å²) in [4.78, 5) is 0. The van der Waals surface area contributed by atoms with E-state index in [0.717, 1.165) is 0 Å². The van der Waals surface area contributed by atoms with Crippen LogP contribution in [0.25, 0.3) is 21.5 Å². The van der Waals surface area contributed by atoms with Gasteiger partial charge in [0.05, 0.1) is 0 Å². The molecule has 0 amide bonds. The van der Waals surface area contributed by atoms with Gasteiger partial charge < -0.3 is 24.8 Å². The first-order valence-electron chi connectivity index (χ1n) is 22.4. The first-order valence-corrected chi connectivity index (χ1v) is 25.1. The van der Waals surface area contributed by atoms with Crippen molar-refractivity contribution >= 4 is 69.2 Å². The normalized spacial score (nSPS) is 14.1. The van der Waals surface area contributed by atoms with Crippen LogP contribution < -0.4 is 56.6 Å². The topological polar surface area (TPSA) is 0 Å². The molecule has 8 aromatic carbocycles. The van der Waals surface area contributed by atoms with Crippen molar-refractivity contribution in [3.05, 3.63) is 240 Å². The van der Waals surface area contributed by atoms with Crippen LogP contribution in [0.1, 0.15) is 69.2 Å². The zero-order chi connectivity index (χ0) is 45.4. The van der Waals surface area contributed by atoms with Crippen LogP contribution in [0, 0.1) is 23.0 Å². The van der Waals surface area contributed by atoms with Crippen molar-refractivity contribution in [1.29, 1.82) is 0 Å². The van der Waals surface area contributed by atoms with Crippen LogP contribution >= 0.6 is 15.8 Å². The van der Waals surface area contributed by atoms with Crippen LogP contribution in [-0.4, -0.2) is 0 Å². The van der Waals surface area contributed by atoms with Crippen LogP contribution in [-0.2, 0) is 43.4 Å². The third-order valence-electron chi connectivity index (χ3n) is 12.9. The minimum atomic E-state index is -0.493. The van der Waals surface area contributed by atoms with Gasteiger partial charge in [-0.15, -0.1) is 94.5 Å². The Kier molecular flexibility index (Phi) is 22.9. The summed E-state index contributed by atoms with van der Waals surface area (Å²) < 4.78 is 0. The summed E-state index contributed by atoms with van der Waals surface area (Å²) in [6.07, 6.45) is 6.87. The molecule has 8 aromatic rings. The molecular formula is C62H62Cl2P2Ti2-2. The Morgan fingerprint density at radius 2 is 0.618 bits per heavy atom. The van der Waals surface area contributed by atoms with Crippen LogP contribution in [0.4, 0.5) is 0 Å². The molecular weight excluding hydrogens is 973 g/mol. The second-order valence-corrected chi connectivity index (χ2v) is 22.4. The van der Waals surface area contributed by atoms with E-state index in [2.05, 4.69) is 276 Å². The van der Waals surface area contributed by atoms with E-state index in [4.69, 9.17) is 0 Å². The van der Waals surface area contributed by atoms with Gasteiger partial charge >= 0.3 is 43.4 Å². The molecule has 0 saturated heterocycles. The van der Waals surface area contributed by atoms with Crippen molar-refractivity contribution in [2.45, 2.75) is 69.2 Å². The number of allylic oxidation sites excluding steroid dienone is 8. The maximum atomic E-state index is 3.44. The summed E-state index contributed by atoms with van der Waals surface area (Å²) in [5.74, 6) is 0. The van der Waals surface area contributed by atoms with Crippen LogP contribution in [0.2, 0.25) is 0 Å². The average molecular weight is 1040 g/mol. The molecule has 10 rings (SSSR count). The molecule has 6 heteroatoms. The van der Waals surface area contributed by atoms with Gasteiger partial charge in [-0.05, 0) is 37.1 Å². The van der Waals surface area contributed by atoms with Crippen LogP contribution in [0.3, 0.4) is 0 Å². The Balaban J connectivity index is 0.000000251. The Bertz CT molecular complexity index is 2590. The van der Waals surface area contributed by atoms with Crippen molar-refractivity contribution in [1.82, 2.24) is 0 Å². The van der Waals surface area contributed by atoms with Gasteiger partial charge in [0, 0.05) is 0 Å². The van der Waals surface area contributed by atoms with Crippen molar-refractivity contribution in [3.8, 4) is 0 Å². The number of rotatable bonds is 6. The fraction of sp³-hybridized carbons (Fsp3) is 0.194. The SMILES string of the molecule is CC1=[C-]C(C)(C)C(C)=C1C.CC1=[C-]C(C)(C)C(C)=C1C.[Cl-].[Cl-].[Ti+2].[Ti+2].c1ccc(P(c2ccccc2)c2cc3ccccc3[cH-]2)cc1.c1ccc(P(c2ccccc2)c2cc3ccccc3[cH-]2)cc1. The first-order chi connectivity index (χ1) is 30.7. The molecule has 0 saturated carbocycles. The molecule has 0 aromatic heterocycles. The zero-order valence-electron chi connectivity index (χ0n) is 41.1. The number of hydrogen-bond acceptors (Lipinski definition) is 0. The first kappa shape index (κ1) is 58.7. The number of hydrogen-bond donors (Lipinski definition) is 0. The minimum absolute atomic E-state index is 0. The molecule has 0 bridgehead atoms. The second kappa shape index (κ2) is 26.5. The predicted octanol–water partition coefficient (Wildman–Crippen LogP) is 8.86. The average Bonchev–Trinajstić information content (AvgIpc) is 4.02. The smallest absolute Gasteiger partial charge is 1.00 e. The van der Waals surface area contributed by atoms with Gasteiger partial charge in [0.2, 0.25) is 0 Å². The largest absolute Gasteiger partial charge is 2.00 e. The van der Waals surface area contributed by atoms with Gasteiger partial charge in [0.1, 0.15) is 0 Å². The van der Waals surface area contributed by atoms with E-state index in [-0.39, 0.29) is 79.1 Å². The summed E-state index contributed by atoms with van der Waals surface area (Å²) in [5, 5.41) is 13.8. The van der Waals surface area contributed by atoms with Crippen LogP contribution in [0.15, 0.2) is 228 Å². The van der Waals surface area contributed by atoms with Crippen molar-refractivity contribution < 1.29 is 68.2 Å². The molecule has 0 heterocycles. The molecule has 344 valence electrons. The quantitative estimate of drug-likeness (QED) is 0.0889. The predicted molar refractivity (Wildman–Crippen MR) is 286 cm³/mol. The number of benzene rings is 6. The summed E-state index contributed by atoms with van der Waals surface area (Å²) in [5.41, 5.74) is 8.79. The summed E-state index contributed by atoms with van der Waals surface area (Å²) >= 11 is 0. The Morgan fingerprint density at radius 3 is 0.824 bits per heavy atom. The Labute approximate surface area is 453 Å². The molecule has 2 aliphatic carbocycles. The van der Waals surface area contributed by atoms with E-state index in [0.29, 0.717) is 0 Å². The molecule has 68 heavy (non-hydrogen) atoms. The number of fused-ring (bicyclic) bond motifs is 2.